The van der Waals surface area contributed by atoms with Crippen molar-refractivity contribution < 1.29 is 67.5 Å². The molecule has 0 bridgehead atoms. The Morgan fingerprint density at radius 1 is 0.878 bits per heavy atom. The normalized spacial score (nSPS) is 13.5. The molecule has 26 nitrogen and oxygen atoms in total. The van der Waals surface area contributed by atoms with E-state index in [1.165, 1.54) is 6.20 Å². The number of benzene rings is 3. The van der Waals surface area contributed by atoms with Gasteiger partial charge in [-0.15, -0.1) is 5.10 Å². The summed E-state index contributed by atoms with van der Waals surface area (Å²) < 4.78 is 106. The minimum atomic E-state index is -4.44. The number of nitrogens with zero attached hydrogens (tertiary/aromatic N) is 7. The molecule has 2 aromatic heterocycles. The number of nitrogens with two attached hydrogens (primary N) is 1. The Balaban J connectivity index is 0.000000993. The number of rotatable bonds is 27. The summed E-state index contributed by atoms with van der Waals surface area (Å²) in [6.45, 7) is 8.74. The zero-order valence-corrected chi connectivity index (χ0v) is 49.6. The van der Waals surface area contributed by atoms with Gasteiger partial charge >= 0.3 is 0 Å². The Kier molecular flexibility index (Phi) is 27.5. The second kappa shape index (κ2) is 33.1. The monoisotopic (exact) mass is 1240 g/mol. The van der Waals surface area contributed by atoms with Crippen LogP contribution in [0.2, 0.25) is 5.02 Å². The van der Waals surface area contributed by atoms with Gasteiger partial charge in [0.05, 0.1) is 53.2 Å². The first-order chi connectivity index (χ1) is 38.7. The van der Waals surface area contributed by atoms with Crippen LogP contribution >= 0.6 is 24.2 Å². The molecule has 1 aliphatic rings. The lowest BCUT2D eigenvalue weighted by molar-refractivity contribution is -0.134. The van der Waals surface area contributed by atoms with Crippen molar-refractivity contribution in [1.29, 1.82) is 5.26 Å². The first-order valence-electron chi connectivity index (χ1n) is 25.1. The molecule has 448 valence electrons. The molecule has 1 aliphatic heterocycles. The van der Waals surface area contributed by atoms with E-state index in [2.05, 4.69) is 48.8 Å². The summed E-state index contributed by atoms with van der Waals surface area (Å²) in [6, 6.07) is 16.8. The molecule has 82 heavy (non-hydrogen) atoms. The number of amides is 2. The van der Waals surface area contributed by atoms with Crippen LogP contribution in [0.25, 0.3) is 11.1 Å². The van der Waals surface area contributed by atoms with E-state index < -0.39 is 48.2 Å². The van der Waals surface area contributed by atoms with Crippen molar-refractivity contribution in [2.24, 2.45) is 5.73 Å². The SMILES string of the molecule is CNCCS(=O)(=O)O.CS(=O)(=O)O.Cc1c(COc2cc(OCc3cncc(C#N)c3)c(CNC(C=O)CS(=O)(=O)O)cc2Cl)cccc1-c1cccc(OCc2cn(CCCN3CCN(C(=O)CNC(=O)C(N)CS)CC3)nn2)c1C. The van der Waals surface area contributed by atoms with Crippen LogP contribution in [0, 0.1) is 25.2 Å². The summed E-state index contributed by atoms with van der Waals surface area (Å²) in [5, 5.41) is 26.2. The van der Waals surface area contributed by atoms with E-state index in [0.717, 1.165) is 53.9 Å². The van der Waals surface area contributed by atoms with Gasteiger partial charge in [-0.3, -0.25) is 37.8 Å². The van der Waals surface area contributed by atoms with Crippen molar-refractivity contribution >= 4 is 72.7 Å². The third kappa shape index (κ3) is 24.6. The van der Waals surface area contributed by atoms with Crippen LogP contribution in [-0.4, -0.2) is 175 Å². The van der Waals surface area contributed by atoms with E-state index in [-0.39, 0.29) is 61.3 Å². The number of halogens is 1. The third-order valence-corrected chi connectivity index (χ3v) is 14.2. The molecule has 3 heterocycles. The van der Waals surface area contributed by atoms with E-state index >= 15 is 0 Å². The summed E-state index contributed by atoms with van der Waals surface area (Å²) in [6.07, 6.45) is 6.83. The largest absolute Gasteiger partial charge is 0.488 e. The smallest absolute Gasteiger partial charge is 0.266 e. The molecule has 2 atom stereocenters. The fraction of sp³-hybridized carbons (Fsp3) is 0.431. The van der Waals surface area contributed by atoms with E-state index in [1.54, 1.807) is 41.0 Å². The van der Waals surface area contributed by atoms with E-state index in [4.69, 9.17) is 40.7 Å². The number of carbonyl (C=O) groups is 3. The number of nitriles is 1. The van der Waals surface area contributed by atoms with Crippen molar-refractivity contribution in [3.8, 4) is 34.4 Å². The summed E-state index contributed by atoms with van der Waals surface area (Å²) in [7, 11) is -10.2. The minimum absolute atomic E-state index is 0.0225. The van der Waals surface area contributed by atoms with Crippen molar-refractivity contribution in [2.45, 2.75) is 65.3 Å². The summed E-state index contributed by atoms with van der Waals surface area (Å²) in [5.74, 6) is -0.0248. The maximum atomic E-state index is 12.6. The van der Waals surface area contributed by atoms with E-state index in [1.807, 2.05) is 62.5 Å². The molecule has 6 rings (SSSR count). The second-order valence-electron chi connectivity index (χ2n) is 18.5. The zero-order valence-electron chi connectivity index (χ0n) is 45.5. The summed E-state index contributed by atoms with van der Waals surface area (Å²) >= 11 is 10.8. The molecule has 0 radical (unpaired) electrons. The van der Waals surface area contributed by atoms with Crippen LogP contribution in [0.3, 0.4) is 0 Å². The van der Waals surface area contributed by atoms with Crippen molar-refractivity contribution in [3.05, 3.63) is 117 Å². The maximum absolute atomic E-state index is 12.6. The topological polar surface area (TPSA) is 378 Å². The van der Waals surface area contributed by atoms with Crippen LogP contribution in [0.15, 0.2) is 73.2 Å². The quantitative estimate of drug-likeness (QED) is 0.0212. The van der Waals surface area contributed by atoms with Gasteiger partial charge in [0.25, 0.3) is 30.4 Å². The Morgan fingerprint density at radius 3 is 2.16 bits per heavy atom. The number of piperazine rings is 1. The average Bonchev–Trinajstić information content (AvgIpc) is 3.89. The van der Waals surface area contributed by atoms with Crippen LogP contribution in [0.4, 0.5) is 0 Å². The number of aldehydes is 1. The highest BCUT2D eigenvalue weighted by Gasteiger charge is 2.23. The summed E-state index contributed by atoms with van der Waals surface area (Å²) in [5.41, 5.74) is 12.6. The van der Waals surface area contributed by atoms with Crippen LogP contribution in [0.1, 0.15) is 45.5 Å². The van der Waals surface area contributed by atoms with Gasteiger partial charge in [0.1, 0.15) is 55.1 Å². The molecule has 1 saturated heterocycles. The Bertz CT molecular complexity index is 3320. The molecular formula is C51H68ClN11O15S4. The highest BCUT2D eigenvalue weighted by molar-refractivity contribution is 7.86. The number of hydrogen-bond donors (Lipinski definition) is 8. The number of aromatic nitrogens is 4. The molecule has 5 aromatic rings. The van der Waals surface area contributed by atoms with Gasteiger partial charge in [-0.25, -0.2) is 0 Å². The standard InChI is InChI=1S/C47H55ClN10O9S2.C3H9NO3S.CH4O3S/c1-31-35(27-66-45-18-44(65-26-34-16-33(19-49)20-51-21-34)36(17-41(45)48)22-52-38(25-59)30-69(62,63)64)6-3-7-39(31)40-8-4-9-43(32(40)2)67-28-37-24-58(55-54-37)11-5-10-56-12-14-57(15-13-56)46(60)23-53-47(61)42(50)29-68;1-4-2-3-8(5,6)7;1-5(2,3)4/h3-4,6-9,16-18,20-21,24-25,38,42,52,68H,5,10-15,22-23,26-30,50H2,1-2H3,(H,53,61)(H,62,63,64);4H,2-3H2,1H3,(H,5,6,7);1H3,(H,2,3,4). The molecule has 0 saturated carbocycles. The molecule has 0 aliphatic carbocycles. The van der Waals surface area contributed by atoms with Gasteiger partial charge in [-0.05, 0) is 73.3 Å². The Labute approximate surface area is 487 Å². The van der Waals surface area contributed by atoms with Crippen molar-refractivity contribution in [1.82, 2.24) is 45.7 Å². The van der Waals surface area contributed by atoms with Crippen LogP contribution in [-0.2, 0) is 77.6 Å². The lowest BCUT2D eigenvalue weighted by Crippen LogP contribution is -2.52. The first kappa shape index (κ1) is 68.2. The zero-order chi connectivity index (χ0) is 60.6. The third-order valence-electron chi connectivity index (χ3n) is 12.1. The first-order valence-corrected chi connectivity index (χ1v) is 31.2. The number of nitrogens with one attached hydrogen (secondary N) is 3. The molecule has 1 fully saturated rings. The Hall–Kier alpha value is -6.34. The van der Waals surface area contributed by atoms with E-state index in [0.29, 0.717) is 78.4 Å². The number of hydrogen-bond acceptors (Lipinski definition) is 21. The van der Waals surface area contributed by atoms with Crippen LogP contribution in [0.5, 0.6) is 17.2 Å². The number of aryl methyl sites for hydroxylation is 1. The number of thiol groups is 1. The molecule has 2 unspecified atom stereocenters. The lowest BCUT2D eigenvalue weighted by atomic mass is 9.93. The molecular weight excluding hydrogens is 1170 g/mol. The predicted octanol–water partition coefficient (Wildman–Crippen LogP) is 2.27. The van der Waals surface area contributed by atoms with Gasteiger partial charge in [-0.1, -0.05) is 47.1 Å². The lowest BCUT2D eigenvalue weighted by Gasteiger charge is -2.34. The maximum Gasteiger partial charge on any atom is 0.266 e. The number of carbonyl (C=O) groups excluding carboxylic acids is 3. The fourth-order valence-corrected chi connectivity index (χ4v) is 9.29. The molecule has 2 amide bonds. The van der Waals surface area contributed by atoms with Gasteiger partial charge < -0.3 is 45.6 Å². The highest BCUT2D eigenvalue weighted by Crippen LogP contribution is 2.36. The highest BCUT2D eigenvalue weighted by atomic mass is 35.5. The van der Waals surface area contributed by atoms with Crippen LogP contribution < -0.4 is 35.9 Å². The summed E-state index contributed by atoms with van der Waals surface area (Å²) in [4.78, 5) is 44.2. The fourth-order valence-electron chi connectivity index (χ4n) is 7.77. The molecule has 8 N–H and O–H groups in total. The Morgan fingerprint density at radius 2 is 1.54 bits per heavy atom. The predicted molar refractivity (Wildman–Crippen MR) is 308 cm³/mol. The number of ether oxygens (including phenoxy) is 3. The molecule has 31 heteroatoms. The van der Waals surface area contributed by atoms with E-state index in [9.17, 15) is 49.5 Å². The minimum Gasteiger partial charge on any atom is -0.488 e. The van der Waals surface area contributed by atoms with Crippen molar-refractivity contribution in [3.63, 3.8) is 0 Å². The average molecular weight is 1240 g/mol. The van der Waals surface area contributed by atoms with Gasteiger partial charge in [-0.2, -0.15) is 43.1 Å². The molecule has 0 spiro atoms. The number of pyridine rings is 1. The van der Waals surface area contributed by atoms with Crippen molar-refractivity contribution in [2.75, 3.05) is 76.4 Å². The second-order valence-corrected chi connectivity index (χ2v) is 23.8. The van der Waals surface area contributed by atoms with Gasteiger partial charge in [0.2, 0.25) is 11.8 Å². The van der Waals surface area contributed by atoms with Gasteiger partial charge in [0.15, 0.2) is 0 Å². The molecule has 3 aromatic carbocycles. The van der Waals surface area contributed by atoms with Gasteiger partial charge in [0, 0.05) is 87.7 Å².